The number of methoxy groups -OCH3 is 1. The molecule has 0 spiro atoms. The van der Waals surface area contributed by atoms with Gasteiger partial charge in [-0.25, -0.2) is 0 Å². The van der Waals surface area contributed by atoms with E-state index in [1.54, 1.807) is 13.2 Å². The van der Waals surface area contributed by atoms with Gasteiger partial charge in [0, 0.05) is 30.1 Å². The van der Waals surface area contributed by atoms with Gasteiger partial charge in [-0.05, 0) is 18.9 Å². The molecule has 0 aliphatic rings. The van der Waals surface area contributed by atoms with E-state index >= 15 is 0 Å². The average Bonchev–Trinajstić information content (AvgIpc) is 2.28. The lowest BCUT2D eigenvalue weighted by molar-refractivity contribution is 0.164. The fraction of sp³-hybridized carbons (Fsp3) is 0.500. The first-order chi connectivity index (χ1) is 7.65. The largest absolute Gasteiger partial charge is 0.497 e. The number of aliphatic hydroxyl groups is 1. The number of ether oxygens (including phenoxy) is 1. The predicted molar refractivity (Wildman–Crippen MR) is 66.8 cm³/mol. The molecule has 90 valence electrons. The number of rotatable bonds is 6. The van der Waals surface area contributed by atoms with E-state index in [9.17, 15) is 5.11 Å². The number of aliphatic hydroxyl groups excluding tert-OH is 1. The van der Waals surface area contributed by atoms with Gasteiger partial charge in [0.25, 0.3) is 0 Å². The highest BCUT2D eigenvalue weighted by molar-refractivity contribution is 5.59. The van der Waals surface area contributed by atoms with Crippen LogP contribution < -0.4 is 15.8 Å². The molecule has 1 rings (SSSR count). The summed E-state index contributed by atoms with van der Waals surface area (Å²) in [4.78, 5) is 0. The van der Waals surface area contributed by atoms with Crippen LogP contribution in [-0.2, 0) is 0 Å². The van der Waals surface area contributed by atoms with Crippen LogP contribution in [0.4, 0.5) is 11.4 Å². The second-order valence-corrected chi connectivity index (χ2v) is 3.77. The molecule has 0 radical (unpaired) electrons. The molecule has 0 aliphatic carbocycles. The number of nitrogens with one attached hydrogen (secondary N) is 1. The molecule has 4 heteroatoms. The minimum atomic E-state index is -0.240. The highest BCUT2D eigenvalue weighted by atomic mass is 16.5. The third-order valence-corrected chi connectivity index (χ3v) is 2.44. The Bertz CT molecular complexity index is 329. The van der Waals surface area contributed by atoms with Gasteiger partial charge in [-0.1, -0.05) is 6.92 Å². The van der Waals surface area contributed by atoms with Gasteiger partial charge in [0.15, 0.2) is 0 Å². The Morgan fingerprint density at radius 1 is 1.44 bits per heavy atom. The first-order valence-electron chi connectivity index (χ1n) is 5.52. The van der Waals surface area contributed by atoms with Crippen LogP contribution in [0.2, 0.25) is 0 Å². The molecule has 1 unspecified atom stereocenters. The van der Waals surface area contributed by atoms with Gasteiger partial charge in [0.1, 0.15) is 5.75 Å². The van der Waals surface area contributed by atoms with Crippen molar-refractivity contribution in [1.29, 1.82) is 0 Å². The number of anilines is 2. The lowest BCUT2D eigenvalue weighted by atomic mass is 10.2. The molecule has 0 saturated heterocycles. The molecule has 0 saturated carbocycles. The number of hydrogen-bond donors (Lipinski definition) is 3. The summed E-state index contributed by atoms with van der Waals surface area (Å²) in [7, 11) is 1.61. The van der Waals surface area contributed by atoms with Gasteiger partial charge >= 0.3 is 0 Å². The van der Waals surface area contributed by atoms with Crippen molar-refractivity contribution in [3.63, 3.8) is 0 Å². The molecule has 4 nitrogen and oxygen atoms in total. The molecule has 0 bridgehead atoms. The molecule has 4 N–H and O–H groups in total. The summed E-state index contributed by atoms with van der Waals surface area (Å²) >= 11 is 0. The maximum absolute atomic E-state index is 9.40. The van der Waals surface area contributed by atoms with Crippen molar-refractivity contribution >= 4 is 11.4 Å². The first-order valence-corrected chi connectivity index (χ1v) is 5.52. The Balaban J connectivity index is 2.50. The van der Waals surface area contributed by atoms with Crippen LogP contribution in [0.25, 0.3) is 0 Å². The second-order valence-electron chi connectivity index (χ2n) is 3.77. The SMILES string of the molecule is CCC(O)CCNc1cc(N)cc(OC)c1. The Morgan fingerprint density at radius 3 is 2.81 bits per heavy atom. The minimum Gasteiger partial charge on any atom is -0.497 e. The van der Waals surface area contributed by atoms with Crippen LogP contribution in [-0.4, -0.2) is 24.9 Å². The van der Waals surface area contributed by atoms with E-state index in [2.05, 4.69) is 5.32 Å². The van der Waals surface area contributed by atoms with Crippen LogP contribution in [0.3, 0.4) is 0 Å². The molecule has 0 aromatic heterocycles. The predicted octanol–water partition coefficient (Wildman–Crippen LogP) is 1.85. The third-order valence-electron chi connectivity index (χ3n) is 2.44. The van der Waals surface area contributed by atoms with Crippen molar-refractivity contribution < 1.29 is 9.84 Å². The molecule has 0 amide bonds. The lowest BCUT2D eigenvalue weighted by Gasteiger charge is -2.11. The van der Waals surface area contributed by atoms with Crippen molar-refractivity contribution in [3.8, 4) is 5.75 Å². The van der Waals surface area contributed by atoms with Crippen molar-refractivity contribution in [2.75, 3.05) is 24.7 Å². The van der Waals surface area contributed by atoms with E-state index in [0.29, 0.717) is 5.69 Å². The van der Waals surface area contributed by atoms with Crippen LogP contribution in [0.15, 0.2) is 18.2 Å². The molecule has 0 aliphatic heterocycles. The van der Waals surface area contributed by atoms with Crippen molar-refractivity contribution in [2.45, 2.75) is 25.9 Å². The van der Waals surface area contributed by atoms with Crippen molar-refractivity contribution in [2.24, 2.45) is 0 Å². The van der Waals surface area contributed by atoms with Crippen molar-refractivity contribution in [3.05, 3.63) is 18.2 Å². The van der Waals surface area contributed by atoms with Gasteiger partial charge in [-0.3, -0.25) is 0 Å². The number of nitrogen functional groups attached to an aromatic ring is 1. The van der Waals surface area contributed by atoms with Crippen molar-refractivity contribution in [1.82, 2.24) is 0 Å². The number of benzene rings is 1. The lowest BCUT2D eigenvalue weighted by Crippen LogP contribution is -2.12. The Labute approximate surface area is 96.4 Å². The molecular weight excluding hydrogens is 204 g/mol. The summed E-state index contributed by atoms with van der Waals surface area (Å²) in [5, 5.41) is 12.6. The number of hydrogen-bond acceptors (Lipinski definition) is 4. The average molecular weight is 224 g/mol. The third kappa shape index (κ3) is 3.98. The Morgan fingerprint density at radius 2 is 2.19 bits per heavy atom. The summed E-state index contributed by atoms with van der Waals surface area (Å²) in [5.41, 5.74) is 7.30. The molecule has 0 fully saturated rings. The summed E-state index contributed by atoms with van der Waals surface area (Å²) in [6.07, 6.45) is 1.27. The highest BCUT2D eigenvalue weighted by Crippen LogP contribution is 2.22. The number of nitrogens with two attached hydrogens (primary N) is 1. The summed E-state index contributed by atoms with van der Waals surface area (Å²) in [6, 6.07) is 5.50. The molecule has 16 heavy (non-hydrogen) atoms. The van der Waals surface area contributed by atoms with Crippen LogP contribution in [0, 0.1) is 0 Å². The zero-order valence-corrected chi connectivity index (χ0v) is 9.86. The summed E-state index contributed by atoms with van der Waals surface area (Å²) < 4.78 is 5.11. The first kappa shape index (κ1) is 12.6. The smallest absolute Gasteiger partial charge is 0.122 e. The minimum absolute atomic E-state index is 0.240. The molecule has 1 aromatic carbocycles. The maximum atomic E-state index is 9.40. The van der Waals surface area contributed by atoms with Crippen LogP contribution >= 0.6 is 0 Å². The molecule has 1 atom stereocenters. The van der Waals surface area contributed by atoms with Gasteiger partial charge in [0.05, 0.1) is 13.2 Å². The zero-order chi connectivity index (χ0) is 12.0. The van der Waals surface area contributed by atoms with E-state index < -0.39 is 0 Å². The fourth-order valence-electron chi connectivity index (χ4n) is 1.43. The van der Waals surface area contributed by atoms with Gasteiger partial charge in [0.2, 0.25) is 0 Å². The van der Waals surface area contributed by atoms with Crippen LogP contribution in [0.5, 0.6) is 5.75 Å². The van der Waals surface area contributed by atoms with Gasteiger partial charge < -0.3 is 20.9 Å². The zero-order valence-electron chi connectivity index (χ0n) is 9.86. The van der Waals surface area contributed by atoms with Crippen LogP contribution in [0.1, 0.15) is 19.8 Å². The molecular formula is C12H20N2O2. The monoisotopic (exact) mass is 224 g/mol. The van der Waals surface area contributed by atoms with Gasteiger partial charge in [-0.15, -0.1) is 0 Å². The van der Waals surface area contributed by atoms with E-state index in [-0.39, 0.29) is 6.10 Å². The second kappa shape index (κ2) is 6.23. The van der Waals surface area contributed by atoms with E-state index in [1.165, 1.54) is 0 Å². The maximum Gasteiger partial charge on any atom is 0.122 e. The topological polar surface area (TPSA) is 67.5 Å². The fourth-order valence-corrected chi connectivity index (χ4v) is 1.43. The quantitative estimate of drug-likeness (QED) is 0.645. The van der Waals surface area contributed by atoms with E-state index in [1.807, 2.05) is 19.1 Å². The van der Waals surface area contributed by atoms with E-state index in [4.69, 9.17) is 10.5 Å². The normalized spacial score (nSPS) is 12.2. The molecule has 0 heterocycles. The van der Waals surface area contributed by atoms with Gasteiger partial charge in [-0.2, -0.15) is 0 Å². The summed E-state index contributed by atoms with van der Waals surface area (Å²) in [6.45, 7) is 2.69. The highest BCUT2D eigenvalue weighted by Gasteiger charge is 2.01. The van der Waals surface area contributed by atoms with E-state index in [0.717, 1.165) is 30.8 Å². The Hall–Kier alpha value is -1.42. The summed E-state index contributed by atoms with van der Waals surface area (Å²) in [5.74, 6) is 0.735. The molecule has 1 aromatic rings. The standard InChI is InChI=1S/C12H20N2O2/c1-3-11(15)4-5-14-10-6-9(13)7-12(8-10)16-2/h6-8,11,14-15H,3-5,13H2,1-2H3. The Kier molecular flexibility index (Phi) is 4.92.